The maximum atomic E-state index is 6.63. The zero-order valence-electron chi connectivity index (χ0n) is 19.8. The molecule has 0 spiro atoms. The third-order valence-corrected chi connectivity index (χ3v) is 6.51. The molecule has 2 aromatic carbocycles. The van der Waals surface area contributed by atoms with Crippen LogP contribution in [0.15, 0.2) is 48.5 Å². The van der Waals surface area contributed by atoms with Crippen molar-refractivity contribution in [1.82, 2.24) is 24.6 Å². The molecule has 2 aromatic heterocycles. The average molecular weight is 494 g/mol. The summed E-state index contributed by atoms with van der Waals surface area (Å²) < 4.78 is 12.2. The Morgan fingerprint density at radius 2 is 1.66 bits per heavy atom. The summed E-state index contributed by atoms with van der Waals surface area (Å²) in [6, 6.07) is 15.2. The summed E-state index contributed by atoms with van der Waals surface area (Å²) in [6.07, 6.45) is 0. The van der Waals surface area contributed by atoms with Gasteiger partial charge in [0.25, 0.3) is 0 Å². The third kappa shape index (κ3) is 4.75. The minimum atomic E-state index is 0.478. The van der Waals surface area contributed by atoms with E-state index in [-0.39, 0.29) is 0 Å². The van der Waals surface area contributed by atoms with Gasteiger partial charge in [0.15, 0.2) is 5.65 Å². The van der Waals surface area contributed by atoms with Crippen molar-refractivity contribution in [2.75, 3.05) is 64.2 Å². The first-order valence-electron chi connectivity index (χ1n) is 11.5. The lowest BCUT2D eigenvalue weighted by Gasteiger charge is -2.34. The molecule has 35 heavy (non-hydrogen) atoms. The summed E-state index contributed by atoms with van der Waals surface area (Å²) in [5.41, 5.74) is 9.64. The normalized spacial score (nSPS) is 14.5. The van der Waals surface area contributed by atoms with Crippen LogP contribution in [0.3, 0.4) is 0 Å². The molecule has 182 valence electrons. The van der Waals surface area contributed by atoms with E-state index in [1.165, 1.54) is 0 Å². The molecule has 0 bridgehead atoms. The number of rotatable bonds is 7. The Hall–Kier alpha value is -3.40. The van der Waals surface area contributed by atoms with Gasteiger partial charge >= 0.3 is 0 Å². The number of halogens is 1. The van der Waals surface area contributed by atoms with Gasteiger partial charge in [-0.2, -0.15) is 4.98 Å². The Labute approximate surface area is 209 Å². The van der Waals surface area contributed by atoms with Gasteiger partial charge < -0.3 is 20.1 Å². The van der Waals surface area contributed by atoms with Gasteiger partial charge in [-0.05, 0) is 36.4 Å². The number of nitrogen functional groups attached to an aromatic ring is 1. The van der Waals surface area contributed by atoms with Crippen LogP contribution in [0.1, 0.15) is 0 Å². The van der Waals surface area contributed by atoms with Crippen LogP contribution >= 0.6 is 11.6 Å². The van der Waals surface area contributed by atoms with Crippen molar-refractivity contribution in [2.45, 2.75) is 0 Å². The highest BCUT2D eigenvalue weighted by atomic mass is 35.5. The van der Waals surface area contributed by atoms with E-state index in [4.69, 9.17) is 41.9 Å². The van der Waals surface area contributed by atoms with E-state index in [2.05, 4.69) is 9.80 Å². The molecule has 1 saturated heterocycles. The number of hydrogen-bond acceptors (Lipinski definition) is 8. The molecule has 1 aliphatic rings. The molecule has 0 atom stereocenters. The molecule has 9 nitrogen and oxygen atoms in total. The van der Waals surface area contributed by atoms with Gasteiger partial charge in [-0.15, -0.1) is 5.10 Å². The number of aromatic nitrogens is 4. The SMILES string of the molecule is COCCN1CCN(c2nc(-c3ccc(Cl)cc3)c3c(N)n(-c4ccc(OC)cc4)nc3n2)CC1. The number of nitrogens with zero attached hydrogens (tertiary/aromatic N) is 6. The molecular weight excluding hydrogens is 466 g/mol. The van der Waals surface area contributed by atoms with E-state index in [1.807, 2.05) is 48.5 Å². The number of fused-ring (bicyclic) bond motifs is 1. The summed E-state index contributed by atoms with van der Waals surface area (Å²) >= 11 is 6.15. The highest BCUT2D eigenvalue weighted by molar-refractivity contribution is 6.30. The lowest BCUT2D eigenvalue weighted by atomic mass is 10.1. The third-order valence-electron chi connectivity index (χ3n) is 6.26. The number of benzene rings is 2. The Morgan fingerprint density at radius 1 is 0.943 bits per heavy atom. The smallest absolute Gasteiger partial charge is 0.228 e. The van der Waals surface area contributed by atoms with Gasteiger partial charge in [0, 0.05) is 50.4 Å². The molecule has 0 aliphatic carbocycles. The highest BCUT2D eigenvalue weighted by Gasteiger charge is 2.24. The molecule has 0 radical (unpaired) electrons. The Kier molecular flexibility index (Phi) is 6.72. The van der Waals surface area contributed by atoms with Crippen molar-refractivity contribution >= 4 is 34.4 Å². The Bertz CT molecular complexity index is 1300. The van der Waals surface area contributed by atoms with Gasteiger partial charge in [-0.3, -0.25) is 4.90 Å². The molecule has 10 heteroatoms. The molecule has 1 aliphatic heterocycles. The number of anilines is 2. The molecule has 5 rings (SSSR count). The second-order valence-corrected chi connectivity index (χ2v) is 8.83. The quantitative estimate of drug-likeness (QED) is 0.418. The van der Waals surface area contributed by atoms with Gasteiger partial charge in [0.05, 0.1) is 30.5 Å². The predicted molar refractivity (Wildman–Crippen MR) is 139 cm³/mol. The van der Waals surface area contributed by atoms with Crippen LogP contribution in [0.5, 0.6) is 5.75 Å². The number of ether oxygens (including phenoxy) is 2. The lowest BCUT2D eigenvalue weighted by molar-refractivity contribution is 0.144. The molecule has 0 amide bonds. The maximum Gasteiger partial charge on any atom is 0.228 e. The second kappa shape index (κ2) is 10.1. The fourth-order valence-electron chi connectivity index (χ4n) is 4.27. The summed E-state index contributed by atoms with van der Waals surface area (Å²) in [7, 11) is 3.37. The van der Waals surface area contributed by atoms with Crippen LogP contribution < -0.4 is 15.4 Å². The van der Waals surface area contributed by atoms with Crippen molar-refractivity contribution in [3.05, 3.63) is 53.6 Å². The molecule has 4 aromatic rings. The van der Waals surface area contributed by atoms with Crippen molar-refractivity contribution in [3.63, 3.8) is 0 Å². The molecule has 3 heterocycles. The molecular formula is C25H28ClN7O2. The molecule has 1 fully saturated rings. The number of hydrogen-bond donors (Lipinski definition) is 1. The molecule has 0 saturated carbocycles. The molecule has 2 N–H and O–H groups in total. The fourth-order valence-corrected chi connectivity index (χ4v) is 4.40. The first kappa shape index (κ1) is 23.3. The van der Waals surface area contributed by atoms with Gasteiger partial charge in [0.2, 0.25) is 5.95 Å². The number of methoxy groups -OCH3 is 2. The minimum absolute atomic E-state index is 0.478. The standard InChI is InChI=1S/C25H28ClN7O2/c1-34-16-15-31-11-13-32(14-12-31)25-28-22(17-3-5-18(26)6-4-17)21-23(27)33(30-24(21)29-25)19-7-9-20(35-2)10-8-19/h3-10H,11-16,27H2,1-2H3. The van der Waals surface area contributed by atoms with E-state index in [1.54, 1.807) is 18.9 Å². The van der Waals surface area contributed by atoms with Crippen LogP contribution in [0.2, 0.25) is 5.02 Å². The fraction of sp³-hybridized carbons (Fsp3) is 0.320. The largest absolute Gasteiger partial charge is 0.497 e. The monoisotopic (exact) mass is 493 g/mol. The first-order chi connectivity index (χ1) is 17.1. The Morgan fingerprint density at radius 3 is 2.31 bits per heavy atom. The average Bonchev–Trinajstić information content (AvgIpc) is 3.24. The van der Waals surface area contributed by atoms with Crippen molar-refractivity contribution in [1.29, 1.82) is 0 Å². The zero-order valence-corrected chi connectivity index (χ0v) is 20.6. The van der Waals surface area contributed by atoms with E-state index >= 15 is 0 Å². The highest BCUT2D eigenvalue weighted by Crippen LogP contribution is 2.34. The number of piperazine rings is 1. The van der Waals surface area contributed by atoms with Gasteiger partial charge in [0.1, 0.15) is 11.6 Å². The van der Waals surface area contributed by atoms with Crippen LogP contribution in [0, 0.1) is 0 Å². The van der Waals surface area contributed by atoms with E-state index < -0.39 is 0 Å². The van der Waals surface area contributed by atoms with E-state index in [0.29, 0.717) is 27.8 Å². The summed E-state index contributed by atoms with van der Waals surface area (Å²) in [6.45, 7) is 5.13. The van der Waals surface area contributed by atoms with E-state index in [9.17, 15) is 0 Å². The summed E-state index contributed by atoms with van der Waals surface area (Å²) in [4.78, 5) is 14.4. The van der Waals surface area contributed by atoms with E-state index in [0.717, 1.165) is 62.0 Å². The van der Waals surface area contributed by atoms with Crippen molar-refractivity contribution < 1.29 is 9.47 Å². The van der Waals surface area contributed by atoms with Crippen molar-refractivity contribution in [3.8, 4) is 22.7 Å². The second-order valence-electron chi connectivity index (χ2n) is 8.39. The minimum Gasteiger partial charge on any atom is -0.497 e. The first-order valence-corrected chi connectivity index (χ1v) is 11.9. The number of nitrogens with two attached hydrogens (primary N) is 1. The van der Waals surface area contributed by atoms with Gasteiger partial charge in [-0.25, -0.2) is 9.67 Å². The molecule has 0 unspecified atom stereocenters. The van der Waals surface area contributed by atoms with Crippen LogP contribution in [0.25, 0.3) is 28.0 Å². The maximum absolute atomic E-state index is 6.63. The summed E-state index contributed by atoms with van der Waals surface area (Å²) in [5, 5.41) is 6.15. The summed E-state index contributed by atoms with van der Waals surface area (Å²) in [5.74, 6) is 1.89. The Balaban J connectivity index is 1.57. The zero-order chi connectivity index (χ0) is 24.4. The van der Waals surface area contributed by atoms with Gasteiger partial charge in [-0.1, -0.05) is 23.7 Å². The predicted octanol–water partition coefficient (Wildman–Crippen LogP) is 3.50. The van der Waals surface area contributed by atoms with Crippen LogP contribution in [0.4, 0.5) is 11.8 Å². The van der Waals surface area contributed by atoms with Crippen molar-refractivity contribution in [2.24, 2.45) is 0 Å². The van der Waals surface area contributed by atoms with Crippen LogP contribution in [-0.2, 0) is 4.74 Å². The topological polar surface area (TPSA) is 94.6 Å². The lowest BCUT2D eigenvalue weighted by Crippen LogP contribution is -2.47. The van der Waals surface area contributed by atoms with Crippen LogP contribution in [-0.4, -0.2) is 78.2 Å².